The van der Waals surface area contributed by atoms with E-state index in [9.17, 15) is 34.8 Å². The van der Waals surface area contributed by atoms with Crippen LogP contribution in [-0.4, -0.2) is 101 Å². The van der Waals surface area contributed by atoms with E-state index in [-0.39, 0.29) is 67.8 Å². The molecule has 0 aromatic carbocycles. The maximum atomic E-state index is 14.2. The van der Waals surface area contributed by atoms with Crippen molar-refractivity contribution in [3.63, 3.8) is 0 Å². The molecule has 4 N–H and O–H groups in total. The highest BCUT2D eigenvalue weighted by Gasteiger charge is 2.64. The minimum absolute atomic E-state index is 0.0301. The Morgan fingerprint density at radius 3 is 2.55 bits per heavy atom. The van der Waals surface area contributed by atoms with Gasteiger partial charge in [-0.05, 0) is 99.3 Å². The Labute approximate surface area is 323 Å². The van der Waals surface area contributed by atoms with Gasteiger partial charge in [0.05, 0.1) is 38.4 Å². The molecule has 1 aromatic heterocycles. The van der Waals surface area contributed by atoms with Crippen LogP contribution in [0.15, 0.2) is 52.7 Å². The van der Waals surface area contributed by atoms with E-state index < -0.39 is 41.6 Å². The average Bonchev–Trinajstić information content (AvgIpc) is 3.60. The molecule has 2 bridgehead atoms. The minimum atomic E-state index is -1.39. The third kappa shape index (κ3) is 8.61. The molecular formula is C42H59NO12. The van der Waals surface area contributed by atoms with E-state index in [2.05, 4.69) is 25.3 Å². The lowest BCUT2D eigenvalue weighted by atomic mass is 9.45. The van der Waals surface area contributed by atoms with Crippen molar-refractivity contribution in [2.75, 3.05) is 39.6 Å². The fourth-order valence-corrected chi connectivity index (χ4v) is 11.1. The molecular weight excluding hydrogens is 710 g/mol. The summed E-state index contributed by atoms with van der Waals surface area (Å²) in [4.78, 5) is 41.2. The van der Waals surface area contributed by atoms with Gasteiger partial charge in [0, 0.05) is 29.8 Å². The summed E-state index contributed by atoms with van der Waals surface area (Å²) in [6, 6.07) is 3.33. The maximum absolute atomic E-state index is 14.2. The highest BCUT2D eigenvalue weighted by atomic mass is 16.7. The van der Waals surface area contributed by atoms with Gasteiger partial charge < -0.3 is 43.8 Å². The largest absolute Gasteiger partial charge is 0.506 e. The first-order valence-electron chi connectivity index (χ1n) is 20.0. The number of furan rings is 1. The van der Waals surface area contributed by atoms with Crippen LogP contribution in [0.2, 0.25) is 0 Å². The van der Waals surface area contributed by atoms with Crippen molar-refractivity contribution in [3.05, 3.63) is 59.8 Å². The smallest absolute Gasteiger partial charge is 0.494 e. The molecule has 2 heterocycles. The molecule has 13 nitrogen and oxygen atoms in total. The molecule has 0 spiro atoms. The van der Waals surface area contributed by atoms with E-state index in [1.54, 1.807) is 24.3 Å². The molecule has 1 aliphatic heterocycles. The van der Waals surface area contributed by atoms with Crippen molar-refractivity contribution in [3.8, 4) is 0 Å². The topological polar surface area (TPSA) is 185 Å². The Morgan fingerprint density at radius 2 is 1.87 bits per heavy atom. The minimum Gasteiger partial charge on any atom is -0.494 e. The quantitative estimate of drug-likeness (QED) is 0.0892. The number of carbonyl (C=O) groups is 3. The second-order valence-corrected chi connectivity index (χ2v) is 16.8. The fourth-order valence-electron chi connectivity index (χ4n) is 11.1. The predicted octanol–water partition coefficient (Wildman–Crippen LogP) is 5.45. The Morgan fingerprint density at radius 1 is 1.09 bits per heavy atom. The van der Waals surface area contributed by atoms with Gasteiger partial charge in [0.25, 0.3) is 0 Å². The Hall–Kier alpha value is -3.49. The third-order valence-corrected chi connectivity index (χ3v) is 13.2. The lowest BCUT2D eigenvalue weighted by molar-refractivity contribution is -0.220. The maximum Gasteiger partial charge on any atom is 0.506 e. The molecule has 1 aromatic rings. The summed E-state index contributed by atoms with van der Waals surface area (Å²) in [6.07, 6.45) is 6.45. The van der Waals surface area contributed by atoms with Crippen LogP contribution in [0.5, 0.6) is 0 Å². The van der Waals surface area contributed by atoms with E-state index in [0.717, 1.165) is 37.7 Å². The van der Waals surface area contributed by atoms with Crippen molar-refractivity contribution in [1.82, 2.24) is 4.90 Å². The second kappa shape index (κ2) is 17.8. The van der Waals surface area contributed by atoms with Gasteiger partial charge in [-0.25, -0.2) is 4.79 Å². The van der Waals surface area contributed by atoms with E-state index >= 15 is 0 Å². The third-order valence-electron chi connectivity index (χ3n) is 13.2. The molecule has 3 saturated carbocycles. The molecule has 4 fully saturated rings. The zero-order chi connectivity index (χ0) is 39.4. The fraction of sp³-hybridized carbons (Fsp3) is 0.690. The second-order valence-electron chi connectivity index (χ2n) is 16.8. The first kappa shape index (κ1) is 41.2. The highest BCUT2D eigenvalue weighted by molar-refractivity contribution is 5.97. The van der Waals surface area contributed by atoms with Crippen LogP contribution in [0, 0.1) is 52.8 Å². The van der Waals surface area contributed by atoms with Gasteiger partial charge in [0.1, 0.15) is 43.2 Å². The van der Waals surface area contributed by atoms with Crippen LogP contribution in [0.1, 0.15) is 70.8 Å². The summed E-state index contributed by atoms with van der Waals surface area (Å²) in [7, 11) is 0. The number of rotatable bonds is 17. The standard InChI is InChI=1S/C42H59NO12/c1-5-6-28(19-44)52-14-13-43(18-27-8-9-29(20-45)54-27)25(4)21-53-39-32-22-51-23-42(17-36(39)55-41(49)50)33(32)12-11-30-31-10-7-26(15-24(2)3)37(40(47)48)38(31)35(46)16-34(30)42/h5-6,8-9,16,24-26,30-33,36-39,44-45H,1,7,10-15,17-23H2,2-4H3,(H,47,48)(H,49,50)/b28-6+/t25?,26?,30?,31?,32?,33?,36-,37-,38?,39-,42-/m1/s1. The number of carboxylic acids is 1. The number of ketones is 1. The summed E-state index contributed by atoms with van der Waals surface area (Å²) in [5.41, 5.74) is 0.388. The van der Waals surface area contributed by atoms with Crippen molar-refractivity contribution in [1.29, 1.82) is 0 Å². The molecule has 55 heavy (non-hydrogen) atoms. The molecule has 11 atom stereocenters. The summed E-state index contributed by atoms with van der Waals surface area (Å²) in [6.45, 7) is 11.4. The van der Waals surface area contributed by atoms with Crippen molar-refractivity contribution < 1.29 is 58.2 Å². The van der Waals surface area contributed by atoms with Gasteiger partial charge in [-0.2, -0.15) is 0 Å². The molecule has 0 amide bonds. The number of allylic oxidation sites excluding steroid dienone is 3. The number of aliphatic hydroxyl groups excluding tert-OH is 2. The number of hydrogen-bond acceptors (Lipinski definition) is 11. The number of aliphatic carboxylic acids is 1. The van der Waals surface area contributed by atoms with Crippen LogP contribution >= 0.6 is 0 Å². The van der Waals surface area contributed by atoms with Crippen LogP contribution in [0.4, 0.5) is 4.79 Å². The van der Waals surface area contributed by atoms with Crippen LogP contribution in [0.25, 0.3) is 0 Å². The first-order valence-corrected chi connectivity index (χ1v) is 20.0. The molecule has 1 saturated heterocycles. The number of aliphatic hydroxyl groups is 2. The Balaban J connectivity index is 1.23. The van der Waals surface area contributed by atoms with Crippen molar-refractivity contribution in [2.45, 2.75) is 90.7 Å². The number of nitrogens with zero attached hydrogens (tertiary/aromatic N) is 1. The van der Waals surface area contributed by atoms with Crippen LogP contribution < -0.4 is 0 Å². The lowest BCUT2D eigenvalue weighted by Gasteiger charge is -2.62. The molecule has 0 radical (unpaired) electrons. The summed E-state index contributed by atoms with van der Waals surface area (Å²) in [5, 5.41) is 39.6. The van der Waals surface area contributed by atoms with E-state index in [1.165, 1.54) is 0 Å². The Kier molecular flexibility index (Phi) is 13.3. The number of carboxylic acid groups (broad SMARTS) is 2. The summed E-state index contributed by atoms with van der Waals surface area (Å²) >= 11 is 0. The van der Waals surface area contributed by atoms with Gasteiger partial charge in [-0.3, -0.25) is 14.5 Å². The predicted molar refractivity (Wildman–Crippen MR) is 199 cm³/mol. The summed E-state index contributed by atoms with van der Waals surface area (Å²) in [5.74, 6) is -0.631. The number of ether oxygens (including phenoxy) is 4. The molecule has 13 heteroatoms. The monoisotopic (exact) mass is 769 g/mol. The normalized spacial score (nSPS) is 33.6. The Bertz CT molecular complexity index is 1600. The van der Waals surface area contributed by atoms with Crippen LogP contribution in [-0.2, 0) is 41.7 Å². The van der Waals surface area contributed by atoms with Gasteiger partial charge in [0.2, 0.25) is 0 Å². The average molecular weight is 770 g/mol. The molecule has 5 aliphatic rings. The van der Waals surface area contributed by atoms with E-state index in [0.29, 0.717) is 55.9 Å². The van der Waals surface area contributed by atoms with Crippen molar-refractivity contribution in [2.24, 2.45) is 52.8 Å². The lowest BCUT2D eigenvalue weighted by Crippen LogP contribution is -2.64. The van der Waals surface area contributed by atoms with Gasteiger partial charge in [0.15, 0.2) is 5.78 Å². The van der Waals surface area contributed by atoms with Crippen molar-refractivity contribution >= 4 is 17.9 Å². The van der Waals surface area contributed by atoms with Gasteiger partial charge >= 0.3 is 12.1 Å². The molecule has 6 rings (SSSR count). The van der Waals surface area contributed by atoms with E-state index in [1.807, 2.05) is 13.0 Å². The SMILES string of the molecule is C=C/C=C(\CO)OCCN(Cc1ccc(CO)o1)C(C)CO[C@@H]1C2COC[C@@]3(C[C@H]1OC(=O)O)C1=CC(=O)C4C(CCC(CC(C)C)[C@H]4C(=O)O)C1CCC23. The molecule has 304 valence electrons. The number of hydrogen-bond donors (Lipinski definition) is 4. The summed E-state index contributed by atoms with van der Waals surface area (Å²) < 4.78 is 30.3. The zero-order valence-electron chi connectivity index (χ0n) is 32.3. The highest BCUT2D eigenvalue weighted by Crippen LogP contribution is 2.64. The van der Waals surface area contributed by atoms with Gasteiger partial charge in [-0.15, -0.1) is 0 Å². The zero-order valence-corrected chi connectivity index (χ0v) is 32.3. The molecule has 7 unspecified atom stereocenters. The van der Waals surface area contributed by atoms with Crippen LogP contribution in [0.3, 0.4) is 0 Å². The number of carbonyl (C=O) groups excluding carboxylic acids is 1. The van der Waals surface area contributed by atoms with E-state index in [4.69, 9.17) is 23.4 Å². The number of fused-ring (bicyclic) bond motifs is 3. The first-order chi connectivity index (χ1) is 26.4. The molecule has 4 aliphatic carbocycles. The van der Waals surface area contributed by atoms with Gasteiger partial charge in [-0.1, -0.05) is 32.1 Å².